The van der Waals surface area contributed by atoms with Crippen LogP contribution in [0, 0.1) is 16.0 Å². The minimum absolute atomic E-state index is 0.0321. The summed E-state index contributed by atoms with van der Waals surface area (Å²) in [5.41, 5.74) is 0.0321. The van der Waals surface area contributed by atoms with Gasteiger partial charge in [-0.1, -0.05) is 0 Å². The second kappa shape index (κ2) is 5.86. The summed E-state index contributed by atoms with van der Waals surface area (Å²) < 4.78 is 0. The molecule has 0 saturated carbocycles. The monoisotopic (exact) mass is 253 g/mol. The molecule has 0 radical (unpaired) electrons. The Labute approximate surface area is 104 Å². The van der Waals surface area contributed by atoms with Crippen LogP contribution in [0.2, 0.25) is 0 Å². The first-order valence-corrected chi connectivity index (χ1v) is 6.83. The lowest BCUT2D eigenvalue weighted by atomic mass is 10.0. The molecular formula is C11H15N3O2S. The van der Waals surface area contributed by atoms with Crippen LogP contribution in [-0.2, 0) is 0 Å². The molecule has 17 heavy (non-hydrogen) atoms. The van der Waals surface area contributed by atoms with E-state index in [-0.39, 0.29) is 5.69 Å². The minimum atomic E-state index is -0.435. The lowest BCUT2D eigenvalue weighted by Gasteiger charge is -2.21. The van der Waals surface area contributed by atoms with E-state index in [2.05, 4.69) is 10.3 Å². The molecule has 5 nitrogen and oxygen atoms in total. The Morgan fingerprint density at radius 1 is 1.47 bits per heavy atom. The van der Waals surface area contributed by atoms with E-state index in [1.54, 1.807) is 6.07 Å². The standard InChI is InChI=1S/C11H15N3O2S/c15-14(16)10-1-2-11(13-8-10)12-7-9-3-5-17-6-4-9/h1-2,8-9H,3-7H2,(H,12,13). The number of nitrogens with zero attached hydrogens (tertiary/aromatic N) is 2. The van der Waals surface area contributed by atoms with Crippen molar-refractivity contribution in [2.24, 2.45) is 5.92 Å². The highest BCUT2D eigenvalue weighted by atomic mass is 32.2. The van der Waals surface area contributed by atoms with Gasteiger partial charge in [0.1, 0.15) is 12.0 Å². The molecule has 1 fully saturated rings. The largest absolute Gasteiger partial charge is 0.370 e. The van der Waals surface area contributed by atoms with Crippen LogP contribution in [0.3, 0.4) is 0 Å². The molecule has 1 aromatic heterocycles. The minimum Gasteiger partial charge on any atom is -0.370 e. The SMILES string of the molecule is O=[N+]([O-])c1ccc(NCC2CCSCC2)nc1. The molecule has 0 atom stereocenters. The summed E-state index contributed by atoms with van der Waals surface area (Å²) in [7, 11) is 0. The fourth-order valence-electron chi connectivity index (χ4n) is 1.80. The number of thioether (sulfide) groups is 1. The predicted molar refractivity (Wildman–Crippen MR) is 69.4 cm³/mol. The molecule has 2 heterocycles. The maximum absolute atomic E-state index is 10.5. The molecule has 0 amide bonds. The zero-order chi connectivity index (χ0) is 12.1. The molecule has 1 N–H and O–H groups in total. The van der Waals surface area contributed by atoms with Gasteiger partial charge in [-0.25, -0.2) is 4.98 Å². The van der Waals surface area contributed by atoms with E-state index in [9.17, 15) is 10.1 Å². The lowest BCUT2D eigenvalue weighted by molar-refractivity contribution is -0.385. The van der Waals surface area contributed by atoms with Gasteiger partial charge in [0.2, 0.25) is 0 Å². The second-order valence-electron chi connectivity index (χ2n) is 4.10. The number of hydrogen-bond donors (Lipinski definition) is 1. The first-order chi connectivity index (χ1) is 8.25. The summed E-state index contributed by atoms with van der Waals surface area (Å²) >= 11 is 2.01. The summed E-state index contributed by atoms with van der Waals surface area (Å²) in [5, 5.41) is 13.7. The van der Waals surface area contributed by atoms with Crippen molar-refractivity contribution in [2.75, 3.05) is 23.4 Å². The lowest BCUT2D eigenvalue weighted by Crippen LogP contribution is -2.19. The highest BCUT2D eigenvalue weighted by Gasteiger charge is 2.13. The van der Waals surface area contributed by atoms with Crippen LogP contribution in [0.15, 0.2) is 18.3 Å². The van der Waals surface area contributed by atoms with Gasteiger partial charge in [0.25, 0.3) is 5.69 Å². The van der Waals surface area contributed by atoms with Crippen molar-refractivity contribution >= 4 is 23.3 Å². The Kier molecular flexibility index (Phi) is 4.19. The van der Waals surface area contributed by atoms with Gasteiger partial charge < -0.3 is 5.32 Å². The van der Waals surface area contributed by atoms with Crippen LogP contribution in [0.5, 0.6) is 0 Å². The summed E-state index contributed by atoms with van der Waals surface area (Å²) in [6.45, 7) is 0.908. The molecule has 0 aliphatic carbocycles. The normalized spacial score (nSPS) is 16.7. The highest BCUT2D eigenvalue weighted by Crippen LogP contribution is 2.23. The summed E-state index contributed by atoms with van der Waals surface area (Å²) in [6, 6.07) is 3.14. The molecule has 0 spiro atoms. The molecule has 0 aromatic carbocycles. The van der Waals surface area contributed by atoms with Gasteiger partial charge in [0.15, 0.2) is 0 Å². The average molecular weight is 253 g/mol. The van der Waals surface area contributed by atoms with Crippen molar-refractivity contribution in [3.05, 3.63) is 28.4 Å². The third-order valence-electron chi connectivity index (χ3n) is 2.87. The summed E-state index contributed by atoms with van der Waals surface area (Å²) in [6.07, 6.45) is 3.77. The van der Waals surface area contributed by atoms with E-state index >= 15 is 0 Å². The molecule has 1 aromatic rings. The van der Waals surface area contributed by atoms with Gasteiger partial charge in [-0.05, 0) is 36.3 Å². The van der Waals surface area contributed by atoms with E-state index in [0.717, 1.165) is 6.54 Å². The molecule has 2 rings (SSSR count). The van der Waals surface area contributed by atoms with Crippen LogP contribution in [0.25, 0.3) is 0 Å². The number of nitro groups is 1. The topological polar surface area (TPSA) is 68.1 Å². The Balaban J connectivity index is 1.84. The number of pyridine rings is 1. The predicted octanol–water partition coefficient (Wildman–Crippen LogP) is 2.54. The van der Waals surface area contributed by atoms with E-state index in [4.69, 9.17) is 0 Å². The van der Waals surface area contributed by atoms with E-state index in [1.165, 1.54) is 36.6 Å². The Morgan fingerprint density at radius 2 is 2.24 bits per heavy atom. The number of hydrogen-bond acceptors (Lipinski definition) is 5. The van der Waals surface area contributed by atoms with E-state index < -0.39 is 4.92 Å². The van der Waals surface area contributed by atoms with Crippen molar-refractivity contribution in [2.45, 2.75) is 12.8 Å². The average Bonchev–Trinajstić information content (AvgIpc) is 2.38. The number of rotatable bonds is 4. The van der Waals surface area contributed by atoms with Gasteiger partial charge in [0, 0.05) is 12.6 Å². The Morgan fingerprint density at radius 3 is 2.82 bits per heavy atom. The third kappa shape index (κ3) is 3.59. The highest BCUT2D eigenvalue weighted by molar-refractivity contribution is 7.99. The van der Waals surface area contributed by atoms with Crippen molar-refractivity contribution in [1.29, 1.82) is 0 Å². The smallest absolute Gasteiger partial charge is 0.287 e. The number of anilines is 1. The van der Waals surface area contributed by atoms with Gasteiger partial charge in [0.05, 0.1) is 4.92 Å². The van der Waals surface area contributed by atoms with Crippen LogP contribution in [0.1, 0.15) is 12.8 Å². The summed E-state index contributed by atoms with van der Waals surface area (Å²) in [5.74, 6) is 3.89. The van der Waals surface area contributed by atoms with E-state index in [1.807, 2.05) is 11.8 Å². The number of nitrogens with one attached hydrogen (secondary N) is 1. The van der Waals surface area contributed by atoms with Gasteiger partial charge in [-0.15, -0.1) is 0 Å². The van der Waals surface area contributed by atoms with Crippen molar-refractivity contribution < 1.29 is 4.92 Å². The Hall–Kier alpha value is -1.30. The fraction of sp³-hybridized carbons (Fsp3) is 0.545. The van der Waals surface area contributed by atoms with Crippen molar-refractivity contribution in [3.63, 3.8) is 0 Å². The zero-order valence-corrected chi connectivity index (χ0v) is 10.3. The summed E-state index contributed by atoms with van der Waals surface area (Å²) in [4.78, 5) is 14.1. The molecular weight excluding hydrogens is 238 g/mol. The first-order valence-electron chi connectivity index (χ1n) is 5.68. The molecule has 92 valence electrons. The van der Waals surface area contributed by atoms with Crippen molar-refractivity contribution in [3.8, 4) is 0 Å². The van der Waals surface area contributed by atoms with Crippen LogP contribution < -0.4 is 5.32 Å². The fourth-order valence-corrected chi connectivity index (χ4v) is 3.00. The van der Waals surface area contributed by atoms with Crippen LogP contribution in [-0.4, -0.2) is 28.0 Å². The Bertz CT molecular complexity index is 377. The van der Waals surface area contributed by atoms with Crippen molar-refractivity contribution in [1.82, 2.24) is 4.98 Å². The molecule has 1 aliphatic heterocycles. The quantitative estimate of drug-likeness (QED) is 0.659. The second-order valence-corrected chi connectivity index (χ2v) is 5.32. The van der Waals surface area contributed by atoms with Gasteiger partial charge in [-0.3, -0.25) is 10.1 Å². The van der Waals surface area contributed by atoms with E-state index in [0.29, 0.717) is 11.7 Å². The molecule has 1 saturated heterocycles. The van der Waals surface area contributed by atoms with Gasteiger partial charge >= 0.3 is 0 Å². The molecule has 6 heteroatoms. The number of aromatic nitrogens is 1. The first kappa shape index (κ1) is 12.2. The molecule has 1 aliphatic rings. The third-order valence-corrected chi connectivity index (χ3v) is 3.92. The maximum Gasteiger partial charge on any atom is 0.287 e. The van der Waals surface area contributed by atoms with Gasteiger partial charge in [-0.2, -0.15) is 11.8 Å². The maximum atomic E-state index is 10.5. The zero-order valence-electron chi connectivity index (χ0n) is 9.46. The molecule has 0 unspecified atom stereocenters. The van der Waals surface area contributed by atoms with Crippen LogP contribution >= 0.6 is 11.8 Å². The molecule has 0 bridgehead atoms. The van der Waals surface area contributed by atoms with Crippen LogP contribution in [0.4, 0.5) is 11.5 Å².